The maximum absolute atomic E-state index is 12.1. The van der Waals surface area contributed by atoms with Crippen molar-refractivity contribution in [1.82, 2.24) is 15.6 Å². The van der Waals surface area contributed by atoms with Gasteiger partial charge in [0.2, 0.25) is 0 Å². The second-order valence-electron chi connectivity index (χ2n) is 3.51. The van der Waals surface area contributed by atoms with E-state index in [2.05, 4.69) is 15.6 Å². The number of rotatable bonds is 5. The topological polar surface area (TPSA) is 54.0 Å². The molecule has 0 atom stereocenters. The zero-order chi connectivity index (χ0) is 14.5. The van der Waals surface area contributed by atoms with Crippen LogP contribution in [0, 0.1) is 0 Å². The summed E-state index contributed by atoms with van der Waals surface area (Å²) < 4.78 is 36.2. The predicted octanol–water partition coefficient (Wildman–Crippen LogP) is 2.02. The number of nitrogens with one attached hydrogen (secondary N) is 2. The Labute approximate surface area is 112 Å². The summed E-state index contributed by atoms with van der Waals surface area (Å²) in [5.41, 5.74) is 0.713. The van der Waals surface area contributed by atoms with Gasteiger partial charge in [-0.15, -0.1) is 0 Å². The van der Waals surface area contributed by atoms with Crippen LogP contribution in [-0.4, -0.2) is 24.0 Å². The first-order valence-electron chi connectivity index (χ1n) is 5.18. The van der Waals surface area contributed by atoms with Crippen LogP contribution >= 0.6 is 11.6 Å². The molecule has 1 aromatic heterocycles. The number of carbonyl (C=O) groups is 1. The number of alkyl halides is 3. The molecule has 19 heavy (non-hydrogen) atoms. The van der Waals surface area contributed by atoms with E-state index in [1.165, 1.54) is 13.2 Å². The van der Waals surface area contributed by atoms with Crippen molar-refractivity contribution in [1.29, 1.82) is 0 Å². The van der Waals surface area contributed by atoms with Crippen LogP contribution in [0.3, 0.4) is 0 Å². The highest BCUT2D eigenvalue weighted by molar-refractivity contribution is 6.29. The van der Waals surface area contributed by atoms with Crippen LogP contribution in [0.5, 0.6) is 0 Å². The van der Waals surface area contributed by atoms with Gasteiger partial charge in [-0.1, -0.05) is 17.7 Å². The second kappa shape index (κ2) is 6.42. The molecule has 0 saturated heterocycles. The summed E-state index contributed by atoms with van der Waals surface area (Å²) in [6, 6.07) is 3.23. The fourth-order valence-corrected chi connectivity index (χ4v) is 1.24. The monoisotopic (exact) mass is 293 g/mol. The number of hydrogen-bond donors (Lipinski definition) is 2. The molecule has 2 N–H and O–H groups in total. The Hall–Kier alpha value is -1.76. The van der Waals surface area contributed by atoms with E-state index < -0.39 is 12.0 Å². The van der Waals surface area contributed by atoms with E-state index in [0.717, 1.165) is 0 Å². The van der Waals surface area contributed by atoms with Crippen molar-refractivity contribution >= 4 is 17.4 Å². The zero-order valence-electron chi connectivity index (χ0n) is 9.88. The average Bonchev–Trinajstić information content (AvgIpc) is 2.35. The van der Waals surface area contributed by atoms with Crippen LogP contribution in [0.25, 0.3) is 0 Å². The third kappa shape index (κ3) is 5.17. The van der Waals surface area contributed by atoms with Gasteiger partial charge in [0.25, 0.3) is 5.78 Å². The first kappa shape index (κ1) is 15.3. The maximum atomic E-state index is 12.1. The lowest BCUT2D eigenvalue weighted by Crippen LogP contribution is -2.28. The Morgan fingerprint density at radius 2 is 2.16 bits per heavy atom. The molecular formula is C11H11ClF3N3O. The molecule has 0 saturated carbocycles. The minimum Gasteiger partial charge on any atom is -0.375 e. The van der Waals surface area contributed by atoms with Gasteiger partial charge in [0.05, 0.1) is 0 Å². The standard InChI is InChI=1S/C11H11ClF3N3O/c1-16-10(4-8(19)11(13,14)15)18-6-7-2-3-9(12)17-5-7/h2-5,16,18H,6H2,1H3/b10-4+. The van der Waals surface area contributed by atoms with Gasteiger partial charge in [-0.3, -0.25) is 4.79 Å². The van der Waals surface area contributed by atoms with Crippen molar-refractivity contribution in [2.75, 3.05) is 7.05 Å². The summed E-state index contributed by atoms with van der Waals surface area (Å²) in [6.45, 7) is 0.210. The number of carbonyl (C=O) groups excluding carboxylic acids is 1. The number of pyridine rings is 1. The molecule has 0 aromatic carbocycles. The molecule has 0 spiro atoms. The minimum atomic E-state index is -4.88. The molecule has 0 fully saturated rings. The quantitative estimate of drug-likeness (QED) is 0.644. The highest BCUT2D eigenvalue weighted by Gasteiger charge is 2.36. The maximum Gasteiger partial charge on any atom is 0.454 e. The molecule has 1 rings (SSSR count). The van der Waals surface area contributed by atoms with Crippen LogP contribution in [0.2, 0.25) is 5.15 Å². The number of nitrogens with zero attached hydrogens (tertiary/aromatic N) is 1. The Bertz CT molecular complexity index is 471. The number of hydrogen-bond acceptors (Lipinski definition) is 4. The lowest BCUT2D eigenvalue weighted by Gasteiger charge is -2.11. The number of allylic oxidation sites excluding steroid dienone is 1. The molecule has 0 aliphatic carbocycles. The van der Waals surface area contributed by atoms with E-state index in [0.29, 0.717) is 16.8 Å². The summed E-state index contributed by atoms with van der Waals surface area (Å²) in [6.07, 6.45) is -2.94. The molecule has 4 nitrogen and oxygen atoms in total. The Kier molecular flexibility index (Phi) is 5.17. The number of halogens is 4. The second-order valence-corrected chi connectivity index (χ2v) is 3.90. The van der Waals surface area contributed by atoms with E-state index in [1.807, 2.05) is 0 Å². The van der Waals surface area contributed by atoms with Crippen LogP contribution in [0.1, 0.15) is 5.56 Å². The predicted molar refractivity (Wildman–Crippen MR) is 64.3 cm³/mol. The van der Waals surface area contributed by atoms with Gasteiger partial charge in [0.15, 0.2) is 0 Å². The molecule has 0 amide bonds. The van der Waals surface area contributed by atoms with E-state index in [1.54, 1.807) is 12.1 Å². The van der Waals surface area contributed by atoms with Gasteiger partial charge < -0.3 is 10.6 Å². The van der Waals surface area contributed by atoms with Crippen LogP contribution in [-0.2, 0) is 11.3 Å². The van der Waals surface area contributed by atoms with Crippen molar-refractivity contribution in [3.8, 4) is 0 Å². The molecule has 1 aromatic rings. The lowest BCUT2D eigenvalue weighted by atomic mass is 10.3. The van der Waals surface area contributed by atoms with Crippen molar-refractivity contribution < 1.29 is 18.0 Å². The highest BCUT2D eigenvalue weighted by atomic mass is 35.5. The molecule has 0 aliphatic heterocycles. The Morgan fingerprint density at radius 3 is 2.63 bits per heavy atom. The van der Waals surface area contributed by atoms with Crippen molar-refractivity contribution in [2.24, 2.45) is 0 Å². The van der Waals surface area contributed by atoms with Gasteiger partial charge in [0, 0.05) is 25.9 Å². The summed E-state index contributed by atoms with van der Waals surface area (Å²) in [5, 5.41) is 5.44. The first-order chi connectivity index (χ1) is 8.82. The van der Waals surface area contributed by atoms with E-state index in [4.69, 9.17) is 11.6 Å². The number of aromatic nitrogens is 1. The fourth-order valence-electron chi connectivity index (χ4n) is 1.13. The summed E-state index contributed by atoms with van der Waals surface area (Å²) >= 11 is 5.60. The molecule has 8 heteroatoms. The van der Waals surface area contributed by atoms with E-state index in [9.17, 15) is 18.0 Å². The molecule has 0 radical (unpaired) electrons. The Morgan fingerprint density at radius 1 is 1.47 bits per heavy atom. The van der Waals surface area contributed by atoms with Crippen molar-refractivity contribution in [3.05, 3.63) is 40.9 Å². The van der Waals surface area contributed by atoms with Crippen molar-refractivity contribution in [3.63, 3.8) is 0 Å². The SMILES string of the molecule is CN/C(=C\C(=O)C(F)(F)F)NCc1ccc(Cl)nc1. The van der Waals surface area contributed by atoms with Crippen LogP contribution in [0.4, 0.5) is 13.2 Å². The molecule has 1 heterocycles. The highest BCUT2D eigenvalue weighted by Crippen LogP contribution is 2.16. The summed E-state index contributed by atoms with van der Waals surface area (Å²) in [5.74, 6) is -1.96. The largest absolute Gasteiger partial charge is 0.454 e. The minimum absolute atomic E-state index is 0.0303. The average molecular weight is 294 g/mol. The number of ketones is 1. The zero-order valence-corrected chi connectivity index (χ0v) is 10.6. The van der Waals surface area contributed by atoms with E-state index >= 15 is 0 Å². The molecule has 104 valence electrons. The molecule has 0 unspecified atom stereocenters. The van der Waals surface area contributed by atoms with Gasteiger partial charge in [-0.05, 0) is 11.6 Å². The molecule has 0 aliphatic rings. The third-order valence-corrected chi connectivity index (χ3v) is 2.32. The van der Waals surface area contributed by atoms with Gasteiger partial charge in [-0.25, -0.2) is 4.98 Å². The summed E-state index contributed by atoms with van der Waals surface area (Å²) in [4.78, 5) is 14.6. The lowest BCUT2D eigenvalue weighted by molar-refractivity contribution is -0.165. The van der Waals surface area contributed by atoms with Crippen LogP contribution in [0.15, 0.2) is 30.2 Å². The van der Waals surface area contributed by atoms with Crippen LogP contribution < -0.4 is 10.6 Å². The van der Waals surface area contributed by atoms with Gasteiger partial charge >= 0.3 is 6.18 Å². The van der Waals surface area contributed by atoms with Crippen molar-refractivity contribution in [2.45, 2.75) is 12.7 Å². The Balaban J connectivity index is 2.65. The molecule has 0 bridgehead atoms. The summed E-state index contributed by atoms with van der Waals surface area (Å²) in [7, 11) is 1.41. The smallest absolute Gasteiger partial charge is 0.375 e. The molecular weight excluding hydrogens is 283 g/mol. The third-order valence-electron chi connectivity index (χ3n) is 2.10. The normalized spacial score (nSPS) is 12.2. The van der Waals surface area contributed by atoms with Gasteiger partial charge in [-0.2, -0.15) is 13.2 Å². The first-order valence-corrected chi connectivity index (χ1v) is 5.55. The van der Waals surface area contributed by atoms with E-state index in [-0.39, 0.29) is 12.4 Å². The van der Waals surface area contributed by atoms with Gasteiger partial charge in [0.1, 0.15) is 11.0 Å². The fraction of sp³-hybridized carbons (Fsp3) is 0.273.